The number of fused-ring (bicyclic) bond motifs is 1. The summed E-state index contributed by atoms with van der Waals surface area (Å²) in [5.41, 5.74) is 0.811. The van der Waals surface area contributed by atoms with E-state index < -0.39 is 5.82 Å². The summed E-state index contributed by atoms with van der Waals surface area (Å²) in [6.45, 7) is 3.46. The van der Waals surface area contributed by atoms with Crippen LogP contribution in [0.1, 0.15) is 24.2 Å². The minimum absolute atomic E-state index is 0.00516. The van der Waals surface area contributed by atoms with Crippen LogP contribution in [-0.2, 0) is 26.1 Å². The third-order valence-corrected chi connectivity index (χ3v) is 4.84. The number of hydrogen-bond acceptors (Lipinski definition) is 4. The highest BCUT2D eigenvalue weighted by molar-refractivity contribution is 5.28. The monoisotopic (exact) mass is 332 g/mol. The summed E-state index contributed by atoms with van der Waals surface area (Å²) in [5, 5.41) is 13.8. The van der Waals surface area contributed by atoms with Crippen LogP contribution >= 0.6 is 0 Å². The summed E-state index contributed by atoms with van der Waals surface area (Å²) in [5.74, 6) is 0.548. The molecule has 1 N–H and O–H groups in total. The minimum Gasteiger partial charge on any atom is -0.505 e. The average Bonchev–Trinajstić information content (AvgIpc) is 3.34. The van der Waals surface area contributed by atoms with Crippen LogP contribution in [-0.4, -0.2) is 37.4 Å². The van der Waals surface area contributed by atoms with Gasteiger partial charge in [-0.3, -0.25) is 9.47 Å². The number of benzene rings is 1. The maximum Gasteiger partial charge on any atom is 0.345 e. The lowest BCUT2D eigenvalue weighted by molar-refractivity contribution is 0.268. The minimum atomic E-state index is -0.599. The molecule has 0 atom stereocenters. The van der Waals surface area contributed by atoms with Gasteiger partial charge in [0.2, 0.25) is 0 Å². The Morgan fingerprint density at radius 2 is 2.08 bits per heavy atom. The van der Waals surface area contributed by atoms with Crippen LogP contribution in [0, 0.1) is 11.7 Å². The predicted molar refractivity (Wildman–Crippen MR) is 86.3 cm³/mol. The van der Waals surface area contributed by atoms with Crippen molar-refractivity contribution in [1.29, 1.82) is 0 Å². The first kappa shape index (κ1) is 15.4. The molecule has 7 heteroatoms. The second-order valence-corrected chi connectivity index (χ2v) is 6.79. The summed E-state index contributed by atoms with van der Waals surface area (Å²) in [4.78, 5) is 14.6. The van der Waals surface area contributed by atoms with Crippen molar-refractivity contribution in [1.82, 2.24) is 19.2 Å². The smallest absolute Gasteiger partial charge is 0.345 e. The summed E-state index contributed by atoms with van der Waals surface area (Å²) in [7, 11) is 0. The second-order valence-electron chi connectivity index (χ2n) is 6.79. The Hall–Kier alpha value is -2.15. The van der Waals surface area contributed by atoms with Crippen molar-refractivity contribution < 1.29 is 9.50 Å². The fourth-order valence-corrected chi connectivity index (χ4v) is 3.24. The molecule has 0 bridgehead atoms. The number of aromatic hydroxyl groups is 1. The number of rotatable bonds is 4. The van der Waals surface area contributed by atoms with Crippen LogP contribution in [0.4, 0.5) is 4.39 Å². The molecule has 128 valence electrons. The van der Waals surface area contributed by atoms with Crippen molar-refractivity contribution >= 4 is 0 Å². The standard InChI is InChI=1S/C17H21FN4O2/c18-14-9-13(3-4-15(14)23)10-20-6-5-16-19-22(11-12-1-2-12)17(24)21(16)8-7-20/h3-4,9,12,23H,1-2,5-8,10-11H2. The van der Waals surface area contributed by atoms with Crippen molar-refractivity contribution in [3.05, 3.63) is 45.9 Å². The molecule has 0 amide bonds. The molecule has 0 radical (unpaired) electrons. The molecule has 2 aromatic rings. The molecule has 1 aromatic heterocycles. The van der Waals surface area contributed by atoms with E-state index in [1.165, 1.54) is 25.0 Å². The molecule has 2 aliphatic rings. The van der Waals surface area contributed by atoms with Crippen molar-refractivity contribution in [2.24, 2.45) is 5.92 Å². The number of phenolic OH excluding ortho intramolecular Hbond substituents is 1. The molecule has 0 saturated heterocycles. The van der Waals surface area contributed by atoms with Crippen molar-refractivity contribution in [2.45, 2.75) is 38.9 Å². The summed E-state index contributed by atoms with van der Waals surface area (Å²) in [6.07, 6.45) is 3.12. The van der Waals surface area contributed by atoms with Gasteiger partial charge in [-0.2, -0.15) is 5.10 Å². The fraction of sp³-hybridized carbons (Fsp3) is 0.529. The fourth-order valence-electron chi connectivity index (χ4n) is 3.24. The number of phenols is 1. The third-order valence-electron chi connectivity index (χ3n) is 4.84. The first-order chi connectivity index (χ1) is 11.6. The van der Waals surface area contributed by atoms with Crippen molar-refractivity contribution in [2.75, 3.05) is 13.1 Å². The topological polar surface area (TPSA) is 63.3 Å². The zero-order chi connectivity index (χ0) is 16.7. The Balaban J connectivity index is 1.44. The van der Waals surface area contributed by atoms with Gasteiger partial charge in [0.25, 0.3) is 0 Å². The SMILES string of the molecule is O=c1n(CC2CC2)nc2n1CCN(Cc1ccc(O)c(F)c1)CC2. The van der Waals surface area contributed by atoms with Gasteiger partial charge < -0.3 is 5.11 Å². The molecule has 1 aliphatic heterocycles. The molecule has 4 rings (SSSR count). The van der Waals surface area contributed by atoms with Crippen LogP contribution in [0.3, 0.4) is 0 Å². The van der Waals surface area contributed by atoms with Gasteiger partial charge in [0.15, 0.2) is 11.6 Å². The molecule has 6 nitrogen and oxygen atoms in total. The molecule has 0 spiro atoms. The summed E-state index contributed by atoms with van der Waals surface area (Å²) < 4.78 is 16.9. The lowest BCUT2D eigenvalue weighted by atomic mass is 10.2. The quantitative estimate of drug-likeness (QED) is 0.918. The van der Waals surface area contributed by atoms with E-state index in [4.69, 9.17) is 0 Å². The zero-order valence-electron chi connectivity index (χ0n) is 13.5. The van der Waals surface area contributed by atoms with Crippen LogP contribution in [0.25, 0.3) is 0 Å². The van der Waals surface area contributed by atoms with Gasteiger partial charge in [0, 0.05) is 39.1 Å². The van der Waals surface area contributed by atoms with E-state index in [9.17, 15) is 14.3 Å². The Labute approximate surface area is 139 Å². The molecule has 1 fully saturated rings. The molecular weight excluding hydrogens is 311 g/mol. The van der Waals surface area contributed by atoms with Crippen LogP contribution in [0.15, 0.2) is 23.0 Å². The largest absolute Gasteiger partial charge is 0.505 e. The molecule has 1 aliphatic carbocycles. The van der Waals surface area contributed by atoms with Crippen molar-refractivity contribution in [3.8, 4) is 5.75 Å². The highest BCUT2D eigenvalue weighted by atomic mass is 19.1. The molecule has 1 saturated carbocycles. The van der Waals surface area contributed by atoms with Crippen molar-refractivity contribution in [3.63, 3.8) is 0 Å². The van der Waals surface area contributed by atoms with Gasteiger partial charge in [0.05, 0.1) is 0 Å². The first-order valence-corrected chi connectivity index (χ1v) is 8.46. The summed E-state index contributed by atoms with van der Waals surface area (Å²) in [6, 6.07) is 4.47. The molecule has 0 unspecified atom stereocenters. The first-order valence-electron chi connectivity index (χ1n) is 8.46. The van der Waals surface area contributed by atoms with Gasteiger partial charge in [-0.25, -0.2) is 13.9 Å². The Bertz CT molecular complexity index is 809. The average molecular weight is 332 g/mol. The van der Waals surface area contributed by atoms with Gasteiger partial charge in [0.1, 0.15) is 5.82 Å². The van der Waals surface area contributed by atoms with Crippen LogP contribution in [0.5, 0.6) is 5.75 Å². The van der Waals surface area contributed by atoms with Crippen LogP contribution < -0.4 is 5.69 Å². The number of aromatic nitrogens is 3. The second kappa shape index (κ2) is 6.05. The highest BCUT2D eigenvalue weighted by Crippen LogP contribution is 2.29. The number of halogens is 1. The van der Waals surface area contributed by atoms with E-state index >= 15 is 0 Å². The van der Waals surface area contributed by atoms with E-state index in [1.54, 1.807) is 15.3 Å². The van der Waals surface area contributed by atoms with E-state index in [2.05, 4.69) is 10.00 Å². The molecule has 24 heavy (non-hydrogen) atoms. The Morgan fingerprint density at radius 1 is 1.25 bits per heavy atom. The van der Waals surface area contributed by atoms with Gasteiger partial charge in [-0.1, -0.05) is 6.07 Å². The number of nitrogens with zero attached hydrogens (tertiary/aromatic N) is 4. The van der Waals surface area contributed by atoms with Gasteiger partial charge in [-0.05, 0) is 36.5 Å². The zero-order valence-corrected chi connectivity index (χ0v) is 13.5. The molecule has 2 heterocycles. The normalized spacial score (nSPS) is 18.4. The maximum atomic E-state index is 13.5. The van der Waals surface area contributed by atoms with Gasteiger partial charge >= 0.3 is 5.69 Å². The predicted octanol–water partition coefficient (Wildman–Crippen LogP) is 1.36. The third kappa shape index (κ3) is 3.08. The summed E-state index contributed by atoms with van der Waals surface area (Å²) >= 11 is 0. The van der Waals surface area contributed by atoms with Gasteiger partial charge in [-0.15, -0.1) is 0 Å². The molecular formula is C17H21FN4O2. The Kier molecular flexibility index (Phi) is 3.88. The van der Waals surface area contributed by atoms with Crippen LogP contribution in [0.2, 0.25) is 0 Å². The van der Waals surface area contributed by atoms with E-state index in [0.29, 0.717) is 25.4 Å². The Morgan fingerprint density at radius 3 is 2.83 bits per heavy atom. The lowest BCUT2D eigenvalue weighted by Crippen LogP contribution is -2.30. The lowest BCUT2D eigenvalue weighted by Gasteiger charge is -2.19. The van der Waals surface area contributed by atoms with E-state index in [-0.39, 0.29) is 11.4 Å². The highest BCUT2D eigenvalue weighted by Gasteiger charge is 2.25. The maximum absolute atomic E-state index is 13.5. The van der Waals surface area contributed by atoms with E-state index in [1.807, 2.05) is 0 Å². The molecule has 1 aromatic carbocycles. The van der Waals surface area contributed by atoms with E-state index in [0.717, 1.165) is 31.0 Å². The number of hydrogen-bond donors (Lipinski definition) is 1.